The van der Waals surface area contributed by atoms with Crippen molar-refractivity contribution in [2.24, 2.45) is 0 Å². The van der Waals surface area contributed by atoms with Crippen LogP contribution in [0.25, 0.3) is 0 Å². The van der Waals surface area contributed by atoms with Crippen molar-refractivity contribution in [1.29, 1.82) is 0 Å². The number of benzene rings is 2. The van der Waals surface area contributed by atoms with E-state index in [1.54, 1.807) is 11.0 Å². The Kier molecular flexibility index (Phi) is 7.42. The number of ether oxygens (including phenoxy) is 1. The van der Waals surface area contributed by atoms with E-state index in [2.05, 4.69) is 5.32 Å². The highest BCUT2D eigenvalue weighted by molar-refractivity contribution is 7.88. The molecule has 0 bridgehead atoms. The molecule has 0 aromatic heterocycles. The normalized spacial score (nSPS) is 17.3. The number of carbonyl (C=O) groups excluding carboxylic acids is 2. The van der Waals surface area contributed by atoms with Crippen LogP contribution in [0.15, 0.2) is 48.5 Å². The van der Waals surface area contributed by atoms with Gasteiger partial charge < -0.3 is 15.0 Å². The lowest BCUT2D eigenvalue weighted by Gasteiger charge is -2.26. The van der Waals surface area contributed by atoms with E-state index in [-0.39, 0.29) is 30.5 Å². The average Bonchev–Trinajstić information content (AvgIpc) is 3.25. The van der Waals surface area contributed by atoms with Gasteiger partial charge in [-0.2, -0.15) is 4.31 Å². The molecular formula is C24H29N3O5S. The van der Waals surface area contributed by atoms with Gasteiger partial charge in [0.25, 0.3) is 0 Å². The fourth-order valence-corrected chi connectivity index (χ4v) is 5.70. The summed E-state index contributed by atoms with van der Waals surface area (Å²) < 4.78 is 32.3. The minimum absolute atomic E-state index is 0.101. The predicted molar refractivity (Wildman–Crippen MR) is 125 cm³/mol. The molecule has 0 spiro atoms. The van der Waals surface area contributed by atoms with Gasteiger partial charge >= 0.3 is 0 Å². The lowest BCUT2D eigenvalue weighted by atomic mass is 10.1. The van der Waals surface area contributed by atoms with Crippen molar-refractivity contribution in [3.63, 3.8) is 0 Å². The van der Waals surface area contributed by atoms with Gasteiger partial charge in [-0.15, -0.1) is 0 Å². The summed E-state index contributed by atoms with van der Waals surface area (Å²) in [5.41, 5.74) is 3.18. The van der Waals surface area contributed by atoms with Crippen LogP contribution in [0.4, 0.5) is 5.69 Å². The minimum atomic E-state index is -3.45. The van der Waals surface area contributed by atoms with Crippen molar-refractivity contribution in [3.8, 4) is 0 Å². The number of nitrogens with zero attached hydrogens (tertiary/aromatic N) is 2. The summed E-state index contributed by atoms with van der Waals surface area (Å²) in [6.45, 7) is 2.55. The zero-order chi connectivity index (χ0) is 23.3. The first kappa shape index (κ1) is 23.4. The van der Waals surface area contributed by atoms with Crippen molar-refractivity contribution in [1.82, 2.24) is 9.62 Å². The number of hydrogen-bond acceptors (Lipinski definition) is 5. The van der Waals surface area contributed by atoms with Gasteiger partial charge in [0.15, 0.2) is 0 Å². The van der Waals surface area contributed by atoms with Crippen LogP contribution in [0, 0.1) is 0 Å². The maximum Gasteiger partial charge on any atom is 0.227 e. The summed E-state index contributed by atoms with van der Waals surface area (Å²) in [6.07, 6.45) is 1.67. The van der Waals surface area contributed by atoms with Crippen LogP contribution in [0.2, 0.25) is 0 Å². The zero-order valence-corrected chi connectivity index (χ0v) is 19.4. The first-order valence-corrected chi connectivity index (χ1v) is 12.8. The van der Waals surface area contributed by atoms with Gasteiger partial charge in [0.2, 0.25) is 21.8 Å². The van der Waals surface area contributed by atoms with Crippen molar-refractivity contribution >= 4 is 27.5 Å². The van der Waals surface area contributed by atoms with Gasteiger partial charge in [0.1, 0.15) is 0 Å². The Morgan fingerprint density at radius 1 is 0.970 bits per heavy atom. The Labute approximate surface area is 194 Å². The molecule has 1 N–H and O–H groups in total. The average molecular weight is 472 g/mol. The maximum absolute atomic E-state index is 12.8. The smallest absolute Gasteiger partial charge is 0.227 e. The highest BCUT2D eigenvalue weighted by atomic mass is 32.2. The van der Waals surface area contributed by atoms with Gasteiger partial charge in [-0.1, -0.05) is 36.4 Å². The van der Waals surface area contributed by atoms with E-state index >= 15 is 0 Å². The third-order valence-corrected chi connectivity index (χ3v) is 7.81. The summed E-state index contributed by atoms with van der Waals surface area (Å²) in [7, 11) is -3.45. The van der Waals surface area contributed by atoms with Crippen LogP contribution in [0.1, 0.15) is 29.5 Å². The number of rotatable bonds is 8. The number of hydrogen-bond donors (Lipinski definition) is 1. The fourth-order valence-electron chi connectivity index (χ4n) is 4.14. The van der Waals surface area contributed by atoms with Crippen LogP contribution < -0.4 is 10.2 Å². The van der Waals surface area contributed by atoms with E-state index in [0.29, 0.717) is 38.3 Å². The summed E-state index contributed by atoms with van der Waals surface area (Å²) in [5.74, 6) is -0.115. The number of sulfonamides is 1. The van der Waals surface area contributed by atoms with Crippen molar-refractivity contribution in [2.45, 2.75) is 31.6 Å². The Bertz CT molecular complexity index is 1100. The number of amides is 2. The molecule has 2 aliphatic rings. The van der Waals surface area contributed by atoms with Gasteiger partial charge in [-0.05, 0) is 35.2 Å². The molecule has 8 nitrogen and oxygen atoms in total. The van der Waals surface area contributed by atoms with E-state index in [4.69, 9.17) is 4.74 Å². The molecule has 2 heterocycles. The molecule has 2 saturated heterocycles. The summed E-state index contributed by atoms with van der Waals surface area (Å²) in [6, 6.07) is 14.7. The minimum Gasteiger partial charge on any atom is -0.379 e. The molecule has 0 aliphatic carbocycles. The molecule has 0 unspecified atom stereocenters. The Morgan fingerprint density at radius 2 is 1.67 bits per heavy atom. The lowest BCUT2D eigenvalue weighted by molar-refractivity contribution is -0.120. The fraction of sp³-hybridized carbons (Fsp3) is 0.417. The standard InChI is InChI=1S/C24H29N3O5S/c28-23(16-19-7-9-22(10-8-19)27-11-3-6-24(27)29)25-17-20-4-1-2-5-21(20)18-33(30,31)26-12-14-32-15-13-26/h1-2,4-5,7-10H,3,6,11-18H2,(H,25,28). The largest absolute Gasteiger partial charge is 0.379 e. The topological polar surface area (TPSA) is 96.0 Å². The lowest BCUT2D eigenvalue weighted by Crippen LogP contribution is -2.41. The third-order valence-electron chi connectivity index (χ3n) is 5.98. The maximum atomic E-state index is 12.8. The summed E-state index contributed by atoms with van der Waals surface area (Å²) in [5, 5.41) is 2.90. The molecule has 33 heavy (non-hydrogen) atoms. The molecule has 176 valence electrons. The Balaban J connectivity index is 1.33. The van der Waals surface area contributed by atoms with Crippen LogP contribution >= 0.6 is 0 Å². The van der Waals surface area contributed by atoms with Gasteiger partial charge in [0.05, 0.1) is 25.4 Å². The third kappa shape index (κ3) is 5.98. The molecule has 0 atom stereocenters. The Hall–Kier alpha value is -2.75. The van der Waals surface area contributed by atoms with E-state index in [9.17, 15) is 18.0 Å². The first-order chi connectivity index (χ1) is 15.9. The molecule has 9 heteroatoms. The second-order valence-electron chi connectivity index (χ2n) is 8.31. The molecule has 2 amide bonds. The van der Waals surface area contributed by atoms with Gasteiger partial charge in [-0.25, -0.2) is 8.42 Å². The second kappa shape index (κ2) is 10.5. The number of morpholine rings is 1. The summed E-state index contributed by atoms with van der Waals surface area (Å²) in [4.78, 5) is 26.2. The van der Waals surface area contributed by atoms with E-state index in [1.165, 1.54) is 4.31 Å². The molecular weight excluding hydrogens is 442 g/mol. The van der Waals surface area contributed by atoms with E-state index in [0.717, 1.165) is 29.8 Å². The van der Waals surface area contributed by atoms with Crippen molar-refractivity contribution < 1.29 is 22.7 Å². The molecule has 4 rings (SSSR count). The number of carbonyl (C=O) groups is 2. The Morgan fingerprint density at radius 3 is 2.33 bits per heavy atom. The van der Waals surface area contributed by atoms with E-state index in [1.807, 2.05) is 42.5 Å². The molecule has 0 radical (unpaired) electrons. The van der Waals surface area contributed by atoms with Crippen LogP contribution in [0.5, 0.6) is 0 Å². The highest BCUT2D eigenvalue weighted by Gasteiger charge is 2.25. The van der Waals surface area contributed by atoms with E-state index < -0.39 is 10.0 Å². The van der Waals surface area contributed by atoms with Gasteiger partial charge in [-0.3, -0.25) is 9.59 Å². The van der Waals surface area contributed by atoms with Crippen LogP contribution in [-0.2, 0) is 43.1 Å². The predicted octanol–water partition coefficient (Wildman–Crippen LogP) is 1.83. The van der Waals surface area contributed by atoms with Crippen molar-refractivity contribution in [3.05, 3.63) is 65.2 Å². The molecule has 2 aromatic carbocycles. The number of nitrogens with one attached hydrogen (secondary N) is 1. The quantitative estimate of drug-likeness (QED) is 0.634. The summed E-state index contributed by atoms with van der Waals surface area (Å²) >= 11 is 0. The SMILES string of the molecule is O=C(Cc1ccc(N2CCCC2=O)cc1)NCc1ccccc1CS(=O)(=O)N1CCOCC1. The van der Waals surface area contributed by atoms with Crippen LogP contribution in [0.3, 0.4) is 0 Å². The van der Waals surface area contributed by atoms with Gasteiger partial charge in [0, 0.05) is 38.3 Å². The molecule has 2 fully saturated rings. The molecule has 2 aromatic rings. The molecule has 2 aliphatic heterocycles. The van der Waals surface area contributed by atoms with Crippen molar-refractivity contribution in [2.75, 3.05) is 37.7 Å². The molecule has 0 saturated carbocycles. The zero-order valence-electron chi connectivity index (χ0n) is 18.5. The van der Waals surface area contributed by atoms with Crippen LogP contribution in [-0.4, -0.2) is 57.4 Å². The number of anilines is 1. The first-order valence-electron chi connectivity index (χ1n) is 11.2. The monoisotopic (exact) mass is 471 g/mol. The highest BCUT2D eigenvalue weighted by Crippen LogP contribution is 2.22. The second-order valence-corrected chi connectivity index (χ2v) is 10.3.